The number of aryl methyl sites for hydroxylation is 1. The van der Waals surface area contributed by atoms with Crippen molar-refractivity contribution in [1.29, 1.82) is 0 Å². The summed E-state index contributed by atoms with van der Waals surface area (Å²) < 4.78 is 0. The van der Waals surface area contributed by atoms with Gasteiger partial charge in [-0.3, -0.25) is 9.59 Å². The van der Waals surface area contributed by atoms with Gasteiger partial charge < -0.3 is 10.2 Å². The quantitative estimate of drug-likeness (QED) is 0.805. The SMILES string of the molecule is CCC1CCCCN1C(=O)c1cc(C)nc(Nc2cccc(C(C)=O)c2)n1. The average molecular weight is 366 g/mol. The second-order valence-corrected chi connectivity index (χ2v) is 7.04. The molecule has 1 aromatic carbocycles. The fourth-order valence-corrected chi connectivity index (χ4v) is 3.52. The largest absolute Gasteiger partial charge is 0.334 e. The summed E-state index contributed by atoms with van der Waals surface area (Å²) in [4.78, 5) is 35.4. The minimum atomic E-state index is -0.0346. The molecule has 6 heteroatoms. The third-order valence-corrected chi connectivity index (χ3v) is 4.96. The van der Waals surface area contributed by atoms with Gasteiger partial charge in [0.1, 0.15) is 5.69 Å². The molecule has 27 heavy (non-hydrogen) atoms. The lowest BCUT2D eigenvalue weighted by molar-refractivity contribution is 0.0601. The Hall–Kier alpha value is -2.76. The van der Waals surface area contributed by atoms with Crippen molar-refractivity contribution >= 4 is 23.3 Å². The second-order valence-electron chi connectivity index (χ2n) is 7.04. The summed E-state index contributed by atoms with van der Waals surface area (Å²) in [7, 11) is 0. The molecule has 142 valence electrons. The van der Waals surface area contributed by atoms with Crippen LogP contribution < -0.4 is 5.32 Å². The van der Waals surface area contributed by atoms with E-state index >= 15 is 0 Å². The normalized spacial score (nSPS) is 16.9. The predicted molar refractivity (Wildman–Crippen MR) is 105 cm³/mol. The number of carbonyl (C=O) groups excluding carboxylic acids is 2. The van der Waals surface area contributed by atoms with Crippen LogP contribution in [0.1, 0.15) is 66.1 Å². The number of likely N-dealkylation sites (tertiary alicyclic amines) is 1. The topological polar surface area (TPSA) is 75.2 Å². The molecule has 1 unspecified atom stereocenters. The van der Waals surface area contributed by atoms with E-state index in [0.29, 0.717) is 17.2 Å². The molecule has 1 aliphatic heterocycles. The summed E-state index contributed by atoms with van der Waals surface area (Å²) in [5.74, 6) is 0.326. The Bertz CT molecular complexity index is 850. The van der Waals surface area contributed by atoms with E-state index < -0.39 is 0 Å². The van der Waals surface area contributed by atoms with Gasteiger partial charge in [0.15, 0.2) is 5.78 Å². The molecule has 1 fully saturated rings. The molecule has 0 spiro atoms. The highest BCUT2D eigenvalue weighted by molar-refractivity contribution is 5.95. The van der Waals surface area contributed by atoms with Gasteiger partial charge >= 0.3 is 0 Å². The summed E-state index contributed by atoms with van der Waals surface area (Å²) in [5.41, 5.74) is 2.47. The third kappa shape index (κ3) is 4.51. The first-order valence-electron chi connectivity index (χ1n) is 9.52. The molecule has 6 nitrogen and oxygen atoms in total. The molecule has 0 radical (unpaired) electrons. The Morgan fingerprint density at radius 2 is 2.04 bits per heavy atom. The van der Waals surface area contributed by atoms with Crippen molar-refractivity contribution in [2.45, 2.75) is 52.5 Å². The number of hydrogen-bond acceptors (Lipinski definition) is 5. The summed E-state index contributed by atoms with van der Waals surface area (Å²) in [6, 6.07) is 9.19. The van der Waals surface area contributed by atoms with Crippen LogP contribution in [0, 0.1) is 6.92 Å². The summed E-state index contributed by atoms with van der Waals surface area (Å²) in [5, 5.41) is 3.12. The zero-order valence-corrected chi connectivity index (χ0v) is 16.2. The summed E-state index contributed by atoms with van der Waals surface area (Å²) in [6.07, 6.45) is 4.22. The number of benzene rings is 1. The maximum Gasteiger partial charge on any atom is 0.272 e. The Morgan fingerprint density at radius 1 is 1.22 bits per heavy atom. The number of Topliss-reactive ketones (excluding diaryl/α,β-unsaturated/α-hetero) is 1. The van der Waals surface area contributed by atoms with Crippen LogP contribution in [-0.2, 0) is 0 Å². The van der Waals surface area contributed by atoms with Gasteiger partial charge in [-0.25, -0.2) is 9.97 Å². The van der Waals surface area contributed by atoms with Crippen molar-refractivity contribution in [2.24, 2.45) is 0 Å². The van der Waals surface area contributed by atoms with Crippen molar-refractivity contribution in [3.63, 3.8) is 0 Å². The van der Waals surface area contributed by atoms with Gasteiger partial charge in [-0.05, 0) is 57.7 Å². The van der Waals surface area contributed by atoms with E-state index in [9.17, 15) is 9.59 Å². The molecule has 1 aliphatic rings. The van der Waals surface area contributed by atoms with Crippen molar-refractivity contribution < 1.29 is 9.59 Å². The predicted octanol–water partition coefficient (Wildman–Crippen LogP) is 4.14. The highest BCUT2D eigenvalue weighted by Gasteiger charge is 2.27. The molecule has 1 saturated heterocycles. The van der Waals surface area contributed by atoms with E-state index in [1.807, 2.05) is 17.9 Å². The summed E-state index contributed by atoms with van der Waals surface area (Å²) in [6.45, 7) is 6.28. The van der Waals surface area contributed by atoms with Gasteiger partial charge in [-0.2, -0.15) is 0 Å². The van der Waals surface area contributed by atoms with Crippen LogP contribution in [0.3, 0.4) is 0 Å². The monoisotopic (exact) mass is 366 g/mol. The van der Waals surface area contributed by atoms with Crippen LogP contribution in [0.15, 0.2) is 30.3 Å². The molecule has 1 amide bonds. The zero-order chi connectivity index (χ0) is 19.4. The number of aromatic nitrogens is 2. The van der Waals surface area contributed by atoms with E-state index in [4.69, 9.17) is 0 Å². The first-order chi connectivity index (χ1) is 13.0. The average Bonchev–Trinajstić information content (AvgIpc) is 2.67. The Balaban J connectivity index is 1.85. The molecule has 1 atom stereocenters. The number of nitrogens with one attached hydrogen (secondary N) is 1. The lowest BCUT2D eigenvalue weighted by Crippen LogP contribution is -2.43. The van der Waals surface area contributed by atoms with Gasteiger partial charge in [-0.15, -0.1) is 0 Å². The number of anilines is 2. The molecule has 0 saturated carbocycles. The van der Waals surface area contributed by atoms with E-state index in [1.54, 1.807) is 24.3 Å². The number of nitrogens with zero attached hydrogens (tertiary/aromatic N) is 3. The van der Waals surface area contributed by atoms with Gasteiger partial charge in [0.05, 0.1) is 0 Å². The molecular formula is C21H26N4O2. The van der Waals surface area contributed by atoms with Crippen molar-refractivity contribution in [2.75, 3.05) is 11.9 Å². The van der Waals surface area contributed by atoms with Gasteiger partial charge in [0, 0.05) is 29.5 Å². The number of hydrogen-bond donors (Lipinski definition) is 1. The minimum Gasteiger partial charge on any atom is -0.334 e. The van der Waals surface area contributed by atoms with Crippen LogP contribution in [-0.4, -0.2) is 39.1 Å². The lowest BCUT2D eigenvalue weighted by Gasteiger charge is -2.35. The lowest BCUT2D eigenvalue weighted by atomic mass is 9.99. The minimum absolute atomic E-state index is 0.00427. The zero-order valence-electron chi connectivity index (χ0n) is 16.2. The van der Waals surface area contributed by atoms with Gasteiger partial charge in [-0.1, -0.05) is 19.1 Å². The third-order valence-electron chi connectivity index (χ3n) is 4.96. The van der Waals surface area contributed by atoms with Crippen LogP contribution in [0.4, 0.5) is 11.6 Å². The standard InChI is InChI=1S/C21H26N4O2/c1-4-18-10-5-6-11-25(18)20(27)19-12-14(2)22-21(24-19)23-17-9-7-8-16(13-17)15(3)26/h7-9,12-13,18H,4-6,10-11H2,1-3H3,(H,22,23,24). The molecule has 1 N–H and O–H groups in total. The molecule has 2 heterocycles. The number of amides is 1. The van der Waals surface area contributed by atoms with E-state index in [1.165, 1.54) is 13.3 Å². The smallest absolute Gasteiger partial charge is 0.272 e. The van der Waals surface area contributed by atoms with E-state index in [0.717, 1.165) is 37.2 Å². The van der Waals surface area contributed by atoms with Gasteiger partial charge in [0.2, 0.25) is 5.95 Å². The molecule has 0 aliphatic carbocycles. The fraction of sp³-hybridized carbons (Fsp3) is 0.429. The molecule has 1 aromatic heterocycles. The second kappa shape index (κ2) is 8.29. The number of ketones is 1. The first-order valence-corrected chi connectivity index (χ1v) is 9.52. The van der Waals surface area contributed by atoms with Crippen molar-refractivity contribution in [1.82, 2.24) is 14.9 Å². The van der Waals surface area contributed by atoms with Crippen molar-refractivity contribution in [3.8, 4) is 0 Å². The fourth-order valence-electron chi connectivity index (χ4n) is 3.52. The first kappa shape index (κ1) is 19.0. The maximum absolute atomic E-state index is 13.0. The molecule has 0 bridgehead atoms. The van der Waals surface area contributed by atoms with E-state index in [2.05, 4.69) is 22.2 Å². The van der Waals surface area contributed by atoms with Crippen LogP contribution in [0.2, 0.25) is 0 Å². The Kier molecular flexibility index (Phi) is 5.84. The Labute approximate surface area is 160 Å². The maximum atomic E-state index is 13.0. The summed E-state index contributed by atoms with van der Waals surface area (Å²) >= 11 is 0. The number of carbonyl (C=O) groups is 2. The number of piperidine rings is 1. The highest BCUT2D eigenvalue weighted by atomic mass is 16.2. The highest BCUT2D eigenvalue weighted by Crippen LogP contribution is 2.22. The molecule has 3 rings (SSSR count). The van der Waals surface area contributed by atoms with Crippen LogP contribution in [0.5, 0.6) is 0 Å². The van der Waals surface area contributed by atoms with Crippen molar-refractivity contribution in [3.05, 3.63) is 47.3 Å². The van der Waals surface area contributed by atoms with E-state index in [-0.39, 0.29) is 17.7 Å². The van der Waals surface area contributed by atoms with Crippen LogP contribution in [0.25, 0.3) is 0 Å². The molecular weight excluding hydrogens is 340 g/mol. The van der Waals surface area contributed by atoms with Crippen LogP contribution >= 0.6 is 0 Å². The Morgan fingerprint density at radius 3 is 2.78 bits per heavy atom. The van der Waals surface area contributed by atoms with Gasteiger partial charge in [0.25, 0.3) is 5.91 Å². The molecule has 2 aromatic rings. The number of rotatable bonds is 5.